The van der Waals surface area contributed by atoms with Crippen molar-refractivity contribution < 1.29 is 14.2 Å². The molecule has 0 spiro atoms. The molecular formula is C27H25N3O3. The number of methoxy groups -OCH3 is 2. The Morgan fingerprint density at radius 1 is 0.818 bits per heavy atom. The van der Waals surface area contributed by atoms with E-state index in [1.54, 1.807) is 14.2 Å². The van der Waals surface area contributed by atoms with Crippen molar-refractivity contribution in [2.24, 2.45) is 0 Å². The molecule has 6 heteroatoms. The second-order valence-electron chi connectivity index (χ2n) is 7.72. The van der Waals surface area contributed by atoms with E-state index in [9.17, 15) is 0 Å². The zero-order valence-electron chi connectivity index (χ0n) is 18.9. The topological polar surface area (TPSA) is 58.4 Å². The predicted molar refractivity (Wildman–Crippen MR) is 129 cm³/mol. The quantitative estimate of drug-likeness (QED) is 0.327. The average Bonchev–Trinajstić information content (AvgIpc) is 3.29. The van der Waals surface area contributed by atoms with Gasteiger partial charge in [0.1, 0.15) is 28.6 Å². The maximum atomic E-state index is 5.59. The van der Waals surface area contributed by atoms with Crippen molar-refractivity contribution in [3.63, 3.8) is 0 Å². The van der Waals surface area contributed by atoms with Crippen LogP contribution < -0.4 is 14.2 Å². The Kier molecular flexibility index (Phi) is 5.57. The summed E-state index contributed by atoms with van der Waals surface area (Å²) in [5.74, 6) is 2.48. The highest BCUT2D eigenvalue weighted by molar-refractivity contribution is 5.98. The Balaban J connectivity index is 1.68. The molecule has 0 fully saturated rings. The van der Waals surface area contributed by atoms with Crippen LogP contribution in [0.4, 0.5) is 0 Å². The summed E-state index contributed by atoms with van der Waals surface area (Å²) in [5.41, 5.74) is 5.81. The van der Waals surface area contributed by atoms with E-state index in [1.807, 2.05) is 61.5 Å². The fourth-order valence-electron chi connectivity index (χ4n) is 4.19. The van der Waals surface area contributed by atoms with Crippen LogP contribution >= 0.6 is 0 Å². The molecule has 0 aliphatic carbocycles. The minimum absolute atomic E-state index is 0.634. The molecule has 33 heavy (non-hydrogen) atoms. The van der Waals surface area contributed by atoms with Gasteiger partial charge in [0.2, 0.25) is 0 Å². The van der Waals surface area contributed by atoms with Gasteiger partial charge in [-0.2, -0.15) is 0 Å². The van der Waals surface area contributed by atoms with Gasteiger partial charge in [0.15, 0.2) is 0 Å². The average molecular weight is 440 g/mol. The maximum absolute atomic E-state index is 5.59. The first-order valence-corrected chi connectivity index (χ1v) is 10.9. The lowest BCUT2D eigenvalue weighted by atomic mass is 10.0. The van der Waals surface area contributed by atoms with E-state index in [0.29, 0.717) is 13.2 Å². The standard InChI is InChI=1S/C27H25N3O3/c1-4-33-20-11-9-18(10-12-20)26-23-17-30(16-19-7-5-6-8-25(19)32-3)24-14-13-21(31-2)15-22(24)27(23)29-28-26/h5-15,17H,4,16H2,1-3H3. The largest absolute Gasteiger partial charge is 0.497 e. The van der Waals surface area contributed by atoms with Crippen molar-refractivity contribution in [3.8, 4) is 39.8 Å². The van der Waals surface area contributed by atoms with Gasteiger partial charge in [-0.05, 0) is 55.5 Å². The third-order valence-corrected chi connectivity index (χ3v) is 5.79. The van der Waals surface area contributed by atoms with E-state index in [2.05, 4.69) is 33.1 Å². The van der Waals surface area contributed by atoms with Crippen LogP contribution in [-0.4, -0.2) is 35.6 Å². The van der Waals surface area contributed by atoms with E-state index < -0.39 is 0 Å². The summed E-state index contributed by atoms with van der Waals surface area (Å²) < 4.78 is 18.9. The van der Waals surface area contributed by atoms with Crippen molar-refractivity contribution in [3.05, 3.63) is 78.5 Å². The highest BCUT2D eigenvalue weighted by atomic mass is 16.5. The van der Waals surface area contributed by atoms with Crippen molar-refractivity contribution in [1.29, 1.82) is 0 Å². The molecule has 0 aromatic heterocycles. The summed E-state index contributed by atoms with van der Waals surface area (Å²) in [4.78, 5) is 0. The molecule has 2 heterocycles. The van der Waals surface area contributed by atoms with Gasteiger partial charge in [-0.15, -0.1) is 10.2 Å². The summed E-state index contributed by atoms with van der Waals surface area (Å²) in [6, 6.07) is 22.1. The third kappa shape index (κ3) is 3.84. The van der Waals surface area contributed by atoms with Gasteiger partial charge in [0, 0.05) is 28.3 Å². The van der Waals surface area contributed by atoms with Crippen molar-refractivity contribution in [2.45, 2.75) is 13.5 Å². The van der Waals surface area contributed by atoms with E-state index in [4.69, 9.17) is 14.2 Å². The van der Waals surface area contributed by atoms with E-state index in [-0.39, 0.29) is 0 Å². The SMILES string of the molecule is CCOc1ccc(-c2nnc3c4cc(OC)ccc4n(Cc4ccccc4OC)cc2-3)cc1. The second kappa shape index (κ2) is 8.82. The molecule has 0 radical (unpaired) electrons. The number of hydrogen-bond acceptors (Lipinski definition) is 5. The number of benzene rings is 3. The van der Waals surface area contributed by atoms with Gasteiger partial charge < -0.3 is 18.8 Å². The molecule has 0 amide bonds. The molecule has 6 nitrogen and oxygen atoms in total. The maximum Gasteiger partial charge on any atom is 0.123 e. The first-order chi connectivity index (χ1) is 16.2. The Labute approximate surface area is 192 Å². The van der Waals surface area contributed by atoms with Crippen molar-refractivity contribution in [1.82, 2.24) is 14.8 Å². The van der Waals surface area contributed by atoms with Crippen LogP contribution in [0.2, 0.25) is 0 Å². The first-order valence-electron chi connectivity index (χ1n) is 10.9. The highest BCUT2D eigenvalue weighted by Gasteiger charge is 2.21. The minimum Gasteiger partial charge on any atom is -0.497 e. The Morgan fingerprint density at radius 3 is 2.33 bits per heavy atom. The van der Waals surface area contributed by atoms with Crippen LogP contribution in [0.15, 0.2) is 72.9 Å². The molecule has 5 rings (SSSR count). The number of aromatic nitrogens is 3. The zero-order valence-corrected chi connectivity index (χ0v) is 18.9. The van der Waals surface area contributed by atoms with E-state index >= 15 is 0 Å². The van der Waals surface area contributed by atoms with Crippen LogP contribution in [0.25, 0.3) is 33.4 Å². The number of para-hydroxylation sites is 1. The Morgan fingerprint density at radius 2 is 1.58 bits per heavy atom. The van der Waals surface area contributed by atoms with Crippen molar-refractivity contribution >= 4 is 10.9 Å². The van der Waals surface area contributed by atoms with Crippen LogP contribution in [0, 0.1) is 0 Å². The molecule has 166 valence electrons. The number of pyridine rings is 1. The molecule has 0 unspecified atom stereocenters. The van der Waals surface area contributed by atoms with Gasteiger partial charge >= 0.3 is 0 Å². The highest BCUT2D eigenvalue weighted by Crippen LogP contribution is 2.38. The Bertz CT molecular complexity index is 1380. The van der Waals surface area contributed by atoms with Gasteiger partial charge in [-0.3, -0.25) is 0 Å². The van der Waals surface area contributed by atoms with Gasteiger partial charge in [-0.1, -0.05) is 18.2 Å². The Hall–Kier alpha value is -4.06. The molecule has 0 N–H and O–H groups in total. The number of rotatable bonds is 7. The number of ether oxygens (including phenoxy) is 3. The molecular weight excluding hydrogens is 414 g/mol. The van der Waals surface area contributed by atoms with Crippen molar-refractivity contribution in [2.75, 3.05) is 20.8 Å². The third-order valence-electron chi connectivity index (χ3n) is 5.79. The molecule has 0 saturated carbocycles. The number of nitrogens with zero attached hydrogens (tertiary/aromatic N) is 3. The summed E-state index contributed by atoms with van der Waals surface area (Å²) in [7, 11) is 3.37. The number of hydrogen-bond donors (Lipinski definition) is 0. The molecule has 3 aromatic carbocycles. The lowest BCUT2D eigenvalue weighted by Crippen LogP contribution is -2.05. The monoisotopic (exact) mass is 439 g/mol. The van der Waals surface area contributed by atoms with Crippen LogP contribution in [0.5, 0.6) is 17.2 Å². The van der Waals surface area contributed by atoms with E-state index in [1.165, 1.54) is 0 Å². The van der Waals surface area contributed by atoms with Crippen LogP contribution in [0.3, 0.4) is 0 Å². The molecule has 2 aliphatic rings. The summed E-state index contributed by atoms with van der Waals surface area (Å²) >= 11 is 0. The van der Waals surface area contributed by atoms with E-state index in [0.717, 1.165) is 56.2 Å². The zero-order chi connectivity index (χ0) is 22.8. The first kappa shape index (κ1) is 20.8. The normalized spacial score (nSPS) is 11.1. The van der Waals surface area contributed by atoms with Crippen LogP contribution in [0.1, 0.15) is 12.5 Å². The smallest absolute Gasteiger partial charge is 0.123 e. The molecule has 2 aliphatic heterocycles. The lowest BCUT2D eigenvalue weighted by Gasteiger charge is -2.17. The fourth-order valence-corrected chi connectivity index (χ4v) is 4.19. The van der Waals surface area contributed by atoms with Crippen LogP contribution in [-0.2, 0) is 6.54 Å². The minimum atomic E-state index is 0.634. The fraction of sp³-hybridized carbons (Fsp3) is 0.185. The van der Waals surface area contributed by atoms with Gasteiger partial charge in [0.05, 0.1) is 32.9 Å². The second-order valence-corrected chi connectivity index (χ2v) is 7.72. The lowest BCUT2D eigenvalue weighted by molar-refractivity contribution is 0.340. The number of fused-ring (bicyclic) bond motifs is 3. The van der Waals surface area contributed by atoms with Gasteiger partial charge in [-0.25, -0.2) is 0 Å². The molecule has 0 saturated heterocycles. The van der Waals surface area contributed by atoms with Gasteiger partial charge in [0.25, 0.3) is 0 Å². The summed E-state index contributed by atoms with van der Waals surface area (Å²) in [6.07, 6.45) is 2.13. The predicted octanol–water partition coefficient (Wildman–Crippen LogP) is 5.67. The molecule has 3 aromatic rings. The molecule has 0 atom stereocenters. The summed E-state index contributed by atoms with van der Waals surface area (Å²) in [6.45, 7) is 3.26. The molecule has 0 bridgehead atoms. The summed E-state index contributed by atoms with van der Waals surface area (Å²) in [5, 5.41) is 10.1.